The van der Waals surface area contributed by atoms with Crippen molar-refractivity contribution in [2.45, 2.75) is 12.8 Å². The fourth-order valence-corrected chi connectivity index (χ4v) is 1.96. The average Bonchev–Trinajstić information content (AvgIpc) is 2.97. The highest BCUT2D eigenvalue weighted by Gasteiger charge is 2.20. The van der Waals surface area contributed by atoms with Crippen molar-refractivity contribution < 1.29 is 23.5 Å². The molecule has 1 N–H and O–H groups in total. The number of hydrogen-bond donors (Lipinski definition) is 1. The molecule has 0 aliphatic heterocycles. The van der Waals surface area contributed by atoms with Crippen LogP contribution in [0.25, 0.3) is 0 Å². The Morgan fingerprint density at radius 3 is 2.41 bits per heavy atom. The molecular weight excluding hydrogens is 289 g/mol. The summed E-state index contributed by atoms with van der Waals surface area (Å²) in [6, 6.07) is 9.28. The number of H-pyrrole nitrogens is 1. The Bertz CT molecular complexity index is 703. The van der Waals surface area contributed by atoms with Gasteiger partial charge in [0.1, 0.15) is 5.82 Å². The molecule has 0 atom stereocenters. The van der Waals surface area contributed by atoms with Gasteiger partial charge in [0.05, 0.1) is 19.2 Å². The summed E-state index contributed by atoms with van der Waals surface area (Å²) >= 11 is 0. The third-order valence-corrected chi connectivity index (χ3v) is 3.09. The van der Waals surface area contributed by atoms with Crippen LogP contribution in [0.2, 0.25) is 0 Å². The fourth-order valence-electron chi connectivity index (χ4n) is 1.96. The summed E-state index contributed by atoms with van der Waals surface area (Å²) in [5.74, 6) is -2.72. The van der Waals surface area contributed by atoms with Crippen molar-refractivity contribution in [1.82, 2.24) is 4.98 Å². The Hall–Kier alpha value is -2.76. The first kappa shape index (κ1) is 15.6. The second-order valence-electron chi connectivity index (χ2n) is 4.72. The van der Waals surface area contributed by atoms with E-state index in [1.54, 1.807) is 24.3 Å². The second-order valence-corrected chi connectivity index (χ2v) is 4.72. The van der Waals surface area contributed by atoms with E-state index in [2.05, 4.69) is 9.72 Å². The molecule has 2 rings (SSSR count). The maximum Gasteiger partial charge on any atom is 0.374 e. The summed E-state index contributed by atoms with van der Waals surface area (Å²) in [6.07, 6.45) is -0.0400. The molecule has 0 bridgehead atoms. The molecule has 0 spiro atoms. The van der Waals surface area contributed by atoms with Gasteiger partial charge in [-0.05, 0) is 29.8 Å². The van der Waals surface area contributed by atoms with Crippen molar-refractivity contribution >= 4 is 17.5 Å². The average molecular weight is 303 g/mol. The van der Waals surface area contributed by atoms with Crippen LogP contribution in [0, 0.1) is 5.82 Å². The van der Waals surface area contributed by atoms with Gasteiger partial charge >= 0.3 is 5.97 Å². The molecule has 0 aliphatic rings. The van der Waals surface area contributed by atoms with Gasteiger partial charge in [0.25, 0.3) is 0 Å². The molecule has 2 aromatic rings. The highest BCUT2D eigenvalue weighted by Crippen LogP contribution is 2.12. The number of aromatic nitrogens is 1. The lowest BCUT2D eigenvalue weighted by Crippen LogP contribution is -2.19. The number of carbonyl (C=O) groups excluding carboxylic acids is 3. The summed E-state index contributed by atoms with van der Waals surface area (Å²) in [7, 11) is 1.08. The Morgan fingerprint density at radius 1 is 1.09 bits per heavy atom. The Balaban J connectivity index is 2.01. The largest absolute Gasteiger partial charge is 0.463 e. The number of ether oxygens (including phenoxy) is 1. The molecule has 0 amide bonds. The molecule has 1 heterocycles. The maximum absolute atomic E-state index is 12.8. The number of rotatable bonds is 6. The molecule has 0 unspecified atom stereocenters. The van der Waals surface area contributed by atoms with Crippen LogP contribution in [0.15, 0.2) is 36.4 Å². The van der Waals surface area contributed by atoms with Crippen molar-refractivity contribution in [3.8, 4) is 0 Å². The van der Waals surface area contributed by atoms with Gasteiger partial charge in [0, 0.05) is 12.1 Å². The van der Waals surface area contributed by atoms with E-state index in [0.29, 0.717) is 6.42 Å². The summed E-state index contributed by atoms with van der Waals surface area (Å²) < 4.78 is 17.1. The van der Waals surface area contributed by atoms with Crippen molar-refractivity contribution in [3.63, 3.8) is 0 Å². The number of aromatic amines is 1. The number of esters is 1. The molecule has 0 saturated carbocycles. The van der Waals surface area contributed by atoms with Crippen LogP contribution < -0.4 is 0 Å². The van der Waals surface area contributed by atoms with E-state index in [-0.39, 0.29) is 11.5 Å². The van der Waals surface area contributed by atoms with Crippen LogP contribution in [0.1, 0.15) is 28.2 Å². The van der Waals surface area contributed by atoms with Crippen molar-refractivity contribution in [2.24, 2.45) is 0 Å². The highest BCUT2D eigenvalue weighted by atomic mass is 19.1. The van der Waals surface area contributed by atoms with Crippen LogP contribution >= 0.6 is 0 Å². The molecule has 0 aliphatic carbocycles. The molecule has 22 heavy (non-hydrogen) atoms. The minimum atomic E-state index is -1.04. The number of carbonyl (C=O) groups is 3. The van der Waals surface area contributed by atoms with Gasteiger partial charge in [-0.2, -0.15) is 0 Å². The quantitative estimate of drug-likeness (QED) is 0.383. The van der Waals surface area contributed by atoms with Gasteiger partial charge in [-0.1, -0.05) is 12.1 Å². The highest BCUT2D eigenvalue weighted by molar-refractivity contribution is 6.38. The van der Waals surface area contributed by atoms with Crippen molar-refractivity contribution in [3.05, 3.63) is 59.2 Å². The molecule has 1 aromatic carbocycles. The van der Waals surface area contributed by atoms with Crippen molar-refractivity contribution in [1.29, 1.82) is 0 Å². The monoisotopic (exact) mass is 303 g/mol. The van der Waals surface area contributed by atoms with Crippen LogP contribution in [-0.2, 0) is 20.7 Å². The zero-order valence-electron chi connectivity index (χ0n) is 11.9. The van der Waals surface area contributed by atoms with Gasteiger partial charge in [-0.25, -0.2) is 9.18 Å². The number of hydrogen-bond acceptors (Lipinski definition) is 4. The minimum Gasteiger partial charge on any atom is -0.463 e. The number of methoxy groups -OCH3 is 1. The first-order valence-electron chi connectivity index (χ1n) is 6.56. The minimum absolute atomic E-state index is 0.245. The summed E-state index contributed by atoms with van der Waals surface area (Å²) in [5, 5.41) is 0. The SMILES string of the molecule is COC(=O)C(=O)CC(=O)c1ccc(Cc2ccc(F)cc2)[nH]1. The number of halogens is 1. The van der Waals surface area contributed by atoms with E-state index in [0.717, 1.165) is 18.4 Å². The van der Waals surface area contributed by atoms with E-state index < -0.39 is 24.0 Å². The lowest BCUT2D eigenvalue weighted by atomic mass is 10.1. The second kappa shape index (κ2) is 6.80. The summed E-state index contributed by atoms with van der Waals surface area (Å²) in [6.45, 7) is 0. The van der Waals surface area contributed by atoms with Gasteiger partial charge < -0.3 is 9.72 Å². The summed E-state index contributed by atoms with van der Waals surface area (Å²) in [5.41, 5.74) is 1.88. The standard InChI is InChI=1S/C16H14FNO4/c1-22-16(21)15(20)9-14(19)13-7-6-12(18-13)8-10-2-4-11(17)5-3-10/h2-7,18H,8-9H2,1H3. The van der Waals surface area contributed by atoms with E-state index in [4.69, 9.17) is 0 Å². The Labute approximate surface area is 126 Å². The first-order chi connectivity index (χ1) is 10.5. The van der Waals surface area contributed by atoms with Crippen LogP contribution in [0.5, 0.6) is 0 Å². The van der Waals surface area contributed by atoms with Gasteiger partial charge in [0.15, 0.2) is 5.78 Å². The molecule has 0 radical (unpaired) electrons. The van der Waals surface area contributed by atoms with Crippen LogP contribution in [0.4, 0.5) is 4.39 Å². The molecule has 114 valence electrons. The van der Waals surface area contributed by atoms with E-state index >= 15 is 0 Å². The molecule has 0 fully saturated rings. The van der Waals surface area contributed by atoms with Gasteiger partial charge in [0.2, 0.25) is 5.78 Å². The first-order valence-corrected chi connectivity index (χ1v) is 6.56. The molecular formula is C16H14FNO4. The number of nitrogens with one attached hydrogen (secondary N) is 1. The normalized spacial score (nSPS) is 10.3. The van der Waals surface area contributed by atoms with Gasteiger partial charge in [-0.15, -0.1) is 0 Å². The fraction of sp³-hybridized carbons (Fsp3) is 0.188. The topological polar surface area (TPSA) is 76.2 Å². The zero-order valence-corrected chi connectivity index (χ0v) is 11.9. The Morgan fingerprint density at radius 2 is 1.77 bits per heavy atom. The van der Waals surface area contributed by atoms with E-state index in [1.807, 2.05) is 0 Å². The zero-order chi connectivity index (χ0) is 16.1. The molecule has 0 saturated heterocycles. The predicted molar refractivity (Wildman–Crippen MR) is 76.0 cm³/mol. The van der Waals surface area contributed by atoms with E-state index in [9.17, 15) is 18.8 Å². The molecule has 1 aromatic heterocycles. The Kier molecular flexibility index (Phi) is 4.83. The molecule has 6 heteroatoms. The lowest BCUT2D eigenvalue weighted by molar-refractivity contribution is -0.151. The smallest absolute Gasteiger partial charge is 0.374 e. The predicted octanol–water partition coefficient (Wildman–Crippen LogP) is 2.06. The summed E-state index contributed by atoms with van der Waals surface area (Å²) in [4.78, 5) is 37.1. The van der Waals surface area contributed by atoms with E-state index in [1.165, 1.54) is 12.1 Å². The molecule has 5 nitrogen and oxygen atoms in total. The lowest BCUT2D eigenvalue weighted by Gasteiger charge is -2.00. The number of benzene rings is 1. The number of Topliss-reactive ketones (excluding diaryl/α,β-unsaturated/α-hetero) is 2. The van der Waals surface area contributed by atoms with Gasteiger partial charge in [-0.3, -0.25) is 9.59 Å². The van der Waals surface area contributed by atoms with Crippen molar-refractivity contribution in [2.75, 3.05) is 7.11 Å². The van der Waals surface area contributed by atoms with Crippen LogP contribution in [-0.4, -0.2) is 29.6 Å². The maximum atomic E-state index is 12.8. The third-order valence-electron chi connectivity index (χ3n) is 3.09. The third kappa shape index (κ3) is 3.88. The number of ketones is 2. The van der Waals surface area contributed by atoms with Crippen LogP contribution in [0.3, 0.4) is 0 Å².